The Kier molecular flexibility index (Phi) is 6.17. The molecule has 6 nitrogen and oxygen atoms in total. The van der Waals surface area contributed by atoms with Crippen LogP contribution in [0.25, 0.3) is 11.5 Å². The van der Waals surface area contributed by atoms with Crippen LogP contribution in [0, 0.1) is 6.92 Å². The average molecular weight is 413 g/mol. The van der Waals surface area contributed by atoms with Gasteiger partial charge in [0.1, 0.15) is 11.5 Å². The minimum Gasteiger partial charge on any atom is -0.441 e. The largest absolute Gasteiger partial charge is 0.441 e. The molecule has 0 bridgehead atoms. The molecular formula is C22H24N2O4S. The van der Waals surface area contributed by atoms with Crippen molar-refractivity contribution in [1.82, 2.24) is 10.3 Å². The number of carbonyl (C=O) groups excluding carboxylic acids is 1. The van der Waals surface area contributed by atoms with Gasteiger partial charge in [0.2, 0.25) is 5.89 Å². The van der Waals surface area contributed by atoms with E-state index >= 15 is 0 Å². The Morgan fingerprint density at radius 2 is 1.76 bits per heavy atom. The number of carbonyl (C=O) groups is 1. The Balaban J connectivity index is 1.79. The van der Waals surface area contributed by atoms with Crippen molar-refractivity contribution in [3.63, 3.8) is 0 Å². The molecule has 1 heterocycles. The molecule has 0 unspecified atom stereocenters. The molecule has 0 aliphatic carbocycles. The van der Waals surface area contributed by atoms with Gasteiger partial charge in [-0.2, -0.15) is 0 Å². The predicted molar refractivity (Wildman–Crippen MR) is 111 cm³/mol. The summed E-state index contributed by atoms with van der Waals surface area (Å²) in [7, 11) is -3.51. The number of aryl methyl sites for hydroxylation is 1. The number of nitrogens with one attached hydrogen (secondary N) is 1. The second-order valence-electron chi connectivity index (χ2n) is 6.95. The molecule has 0 radical (unpaired) electrons. The summed E-state index contributed by atoms with van der Waals surface area (Å²) in [5.74, 6) is 0.415. The quantitative estimate of drug-likeness (QED) is 0.630. The van der Waals surface area contributed by atoms with E-state index in [4.69, 9.17) is 4.42 Å². The molecule has 152 valence electrons. The van der Waals surface area contributed by atoms with Crippen molar-refractivity contribution in [2.45, 2.75) is 43.9 Å². The molecule has 0 spiro atoms. The average Bonchev–Trinajstić information content (AvgIpc) is 3.08. The van der Waals surface area contributed by atoms with Gasteiger partial charge in [0.05, 0.1) is 10.6 Å². The van der Waals surface area contributed by atoms with Crippen molar-refractivity contribution in [1.29, 1.82) is 0 Å². The molecule has 1 atom stereocenters. The summed E-state index contributed by atoms with van der Waals surface area (Å²) < 4.78 is 30.9. The number of amides is 1. The standard InChI is InChI=1S/C22H24N2O4S/c1-4-15(2)23-21(25)17-10-12-18(13-11-17)22-24-20(16(3)28-22)14-29(26,27)19-8-6-5-7-9-19/h5-13,15H,4,14H2,1-3H3,(H,23,25)/t15-/m0/s1. The number of sulfone groups is 1. The molecule has 0 aliphatic heterocycles. The van der Waals surface area contributed by atoms with Gasteiger partial charge in [-0.3, -0.25) is 4.79 Å². The summed E-state index contributed by atoms with van der Waals surface area (Å²) in [5, 5.41) is 2.91. The van der Waals surface area contributed by atoms with Crippen LogP contribution in [-0.2, 0) is 15.6 Å². The van der Waals surface area contributed by atoms with Crippen LogP contribution in [0.2, 0.25) is 0 Å². The van der Waals surface area contributed by atoms with E-state index in [1.807, 2.05) is 13.8 Å². The van der Waals surface area contributed by atoms with Crippen LogP contribution in [0.3, 0.4) is 0 Å². The molecule has 2 aromatic carbocycles. The number of oxazole rings is 1. The number of hydrogen-bond acceptors (Lipinski definition) is 5. The third-order valence-corrected chi connectivity index (χ3v) is 6.35. The fraction of sp³-hybridized carbons (Fsp3) is 0.273. The molecule has 3 rings (SSSR count). The molecule has 1 N–H and O–H groups in total. The van der Waals surface area contributed by atoms with E-state index in [0.717, 1.165) is 6.42 Å². The fourth-order valence-corrected chi connectivity index (χ4v) is 4.12. The molecule has 7 heteroatoms. The molecular weight excluding hydrogens is 388 g/mol. The van der Waals surface area contributed by atoms with Crippen LogP contribution in [0.15, 0.2) is 63.9 Å². The molecule has 0 aliphatic rings. The van der Waals surface area contributed by atoms with E-state index in [-0.39, 0.29) is 22.6 Å². The van der Waals surface area contributed by atoms with E-state index in [9.17, 15) is 13.2 Å². The Morgan fingerprint density at radius 3 is 2.38 bits per heavy atom. The third kappa shape index (κ3) is 4.92. The van der Waals surface area contributed by atoms with Gasteiger partial charge in [-0.25, -0.2) is 13.4 Å². The van der Waals surface area contributed by atoms with Gasteiger partial charge < -0.3 is 9.73 Å². The maximum Gasteiger partial charge on any atom is 0.251 e. The summed E-state index contributed by atoms with van der Waals surface area (Å²) in [4.78, 5) is 16.8. The van der Waals surface area contributed by atoms with Gasteiger partial charge in [-0.05, 0) is 56.7 Å². The number of hydrogen-bond donors (Lipinski definition) is 1. The predicted octanol–water partition coefficient (Wildman–Crippen LogP) is 4.15. The second-order valence-corrected chi connectivity index (χ2v) is 8.94. The van der Waals surface area contributed by atoms with Crippen LogP contribution >= 0.6 is 0 Å². The van der Waals surface area contributed by atoms with Gasteiger partial charge >= 0.3 is 0 Å². The molecule has 29 heavy (non-hydrogen) atoms. The first kappa shape index (κ1) is 20.8. The Bertz CT molecular complexity index is 1090. The molecule has 0 saturated carbocycles. The van der Waals surface area contributed by atoms with Crippen molar-refractivity contribution in [2.24, 2.45) is 0 Å². The van der Waals surface area contributed by atoms with Crippen molar-refractivity contribution < 1.29 is 17.6 Å². The molecule has 3 aromatic rings. The fourth-order valence-electron chi connectivity index (χ4n) is 2.75. The number of aromatic nitrogens is 1. The van der Waals surface area contributed by atoms with Crippen LogP contribution in [0.5, 0.6) is 0 Å². The Morgan fingerprint density at radius 1 is 1.10 bits per heavy atom. The van der Waals surface area contributed by atoms with E-state index < -0.39 is 9.84 Å². The van der Waals surface area contributed by atoms with E-state index in [1.54, 1.807) is 61.5 Å². The van der Waals surface area contributed by atoms with Crippen molar-refractivity contribution in [3.05, 3.63) is 71.6 Å². The summed E-state index contributed by atoms with van der Waals surface area (Å²) >= 11 is 0. The van der Waals surface area contributed by atoms with E-state index in [2.05, 4.69) is 10.3 Å². The summed E-state index contributed by atoms with van der Waals surface area (Å²) in [5.41, 5.74) is 1.60. The second kappa shape index (κ2) is 8.61. The SMILES string of the molecule is CC[C@H](C)NC(=O)c1ccc(-c2nc(CS(=O)(=O)c3ccccc3)c(C)o2)cc1. The van der Waals surface area contributed by atoms with Gasteiger partial charge in [-0.15, -0.1) is 0 Å². The first-order valence-corrected chi connectivity index (χ1v) is 11.1. The third-order valence-electron chi connectivity index (χ3n) is 4.71. The number of rotatable bonds is 7. The molecule has 0 saturated heterocycles. The van der Waals surface area contributed by atoms with Crippen molar-refractivity contribution in [2.75, 3.05) is 0 Å². The lowest BCUT2D eigenvalue weighted by Gasteiger charge is -2.11. The molecule has 0 fully saturated rings. The zero-order valence-corrected chi connectivity index (χ0v) is 17.5. The minimum atomic E-state index is -3.51. The maximum atomic E-state index is 12.6. The first-order valence-electron chi connectivity index (χ1n) is 9.45. The van der Waals surface area contributed by atoms with Crippen LogP contribution in [0.4, 0.5) is 0 Å². The lowest BCUT2D eigenvalue weighted by atomic mass is 10.1. The molecule has 1 amide bonds. The lowest BCUT2D eigenvalue weighted by Crippen LogP contribution is -2.31. The summed E-state index contributed by atoms with van der Waals surface area (Å²) in [6.07, 6.45) is 0.855. The Labute approximate surface area is 170 Å². The number of benzene rings is 2. The van der Waals surface area contributed by atoms with Gasteiger partial charge in [0, 0.05) is 17.2 Å². The first-order chi connectivity index (χ1) is 13.8. The van der Waals surface area contributed by atoms with E-state index in [1.165, 1.54) is 0 Å². The van der Waals surface area contributed by atoms with E-state index in [0.29, 0.717) is 28.5 Å². The smallest absolute Gasteiger partial charge is 0.251 e. The maximum absolute atomic E-state index is 12.6. The summed E-state index contributed by atoms with van der Waals surface area (Å²) in [6.45, 7) is 5.65. The Hall–Kier alpha value is -2.93. The number of nitrogens with zero attached hydrogens (tertiary/aromatic N) is 1. The zero-order chi connectivity index (χ0) is 21.0. The van der Waals surface area contributed by atoms with Gasteiger partial charge in [0.25, 0.3) is 5.91 Å². The van der Waals surface area contributed by atoms with Crippen molar-refractivity contribution in [3.8, 4) is 11.5 Å². The van der Waals surface area contributed by atoms with Gasteiger partial charge in [-0.1, -0.05) is 25.1 Å². The normalized spacial score (nSPS) is 12.5. The zero-order valence-electron chi connectivity index (χ0n) is 16.7. The summed E-state index contributed by atoms with van der Waals surface area (Å²) in [6, 6.07) is 15.3. The highest BCUT2D eigenvalue weighted by molar-refractivity contribution is 7.90. The minimum absolute atomic E-state index is 0.102. The van der Waals surface area contributed by atoms with Gasteiger partial charge in [0.15, 0.2) is 9.84 Å². The van der Waals surface area contributed by atoms with Crippen LogP contribution in [0.1, 0.15) is 42.1 Å². The van der Waals surface area contributed by atoms with Crippen LogP contribution in [-0.4, -0.2) is 25.4 Å². The van der Waals surface area contributed by atoms with Crippen molar-refractivity contribution >= 4 is 15.7 Å². The monoisotopic (exact) mass is 412 g/mol. The lowest BCUT2D eigenvalue weighted by molar-refractivity contribution is 0.0939. The highest BCUT2D eigenvalue weighted by atomic mass is 32.2. The molecule has 1 aromatic heterocycles. The van der Waals surface area contributed by atoms with Crippen LogP contribution < -0.4 is 5.32 Å². The highest BCUT2D eigenvalue weighted by Crippen LogP contribution is 2.25. The topological polar surface area (TPSA) is 89.3 Å². The highest BCUT2D eigenvalue weighted by Gasteiger charge is 2.21.